The Labute approximate surface area is 172 Å². The average Bonchev–Trinajstić information content (AvgIpc) is 3.38. The Hall–Kier alpha value is -4.29. The van der Waals surface area contributed by atoms with E-state index in [1.807, 2.05) is 0 Å². The molecule has 2 aromatic heterocycles. The first-order valence-corrected chi connectivity index (χ1v) is 8.73. The van der Waals surface area contributed by atoms with Crippen LogP contribution < -0.4 is 10.1 Å². The fraction of sp³-hybridized carbons (Fsp3) is 0.111. The van der Waals surface area contributed by atoms with E-state index >= 15 is 0 Å². The molecule has 4 aromatic rings. The number of halogens is 3. The minimum atomic E-state index is -4.79. The van der Waals surface area contributed by atoms with Gasteiger partial charge in [-0.25, -0.2) is 4.68 Å². The molecule has 31 heavy (non-hydrogen) atoms. The smallest absolute Gasteiger partial charge is 0.406 e. The fourth-order valence-corrected chi connectivity index (χ4v) is 2.67. The molecule has 0 aliphatic heterocycles. The molecular formula is C18H13F3N8O2. The maximum absolute atomic E-state index is 12.3. The van der Waals surface area contributed by atoms with Gasteiger partial charge in [-0.15, -0.1) is 33.3 Å². The summed E-state index contributed by atoms with van der Waals surface area (Å²) in [5, 5.41) is 22.4. The number of rotatable bonds is 6. The number of nitrogens with zero attached hydrogens (tertiary/aromatic N) is 7. The lowest BCUT2D eigenvalue weighted by atomic mass is 10.2. The van der Waals surface area contributed by atoms with E-state index in [0.717, 1.165) is 16.9 Å². The van der Waals surface area contributed by atoms with Crippen molar-refractivity contribution < 1.29 is 22.7 Å². The summed E-state index contributed by atoms with van der Waals surface area (Å²) in [7, 11) is 0. The van der Waals surface area contributed by atoms with Crippen LogP contribution in [0.4, 0.5) is 24.7 Å². The molecule has 4 rings (SSSR count). The second-order valence-electron chi connectivity index (χ2n) is 6.21. The van der Waals surface area contributed by atoms with Crippen molar-refractivity contribution in [2.75, 3.05) is 5.32 Å². The van der Waals surface area contributed by atoms with E-state index in [1.165, 1.54) is 30.1 Å². The topological polar surface area (TPSA) is 113 Å². The second kappa shape index (κ2) is 7.85. The zero-order chi connectivity index (χ0) is 22.0. The van der Waals surface area contributed by atoms with E-state index in [9.17, 15) is 18.0 Å². The number of aromatic nitrogens is 7. The summed E-state index contributed by atoms with van der Waals surface area (Å²) >= 11 is 0. The van der Waals surface area contributed by atoms with Gasteiger partial charge < -0.3 is 10.1 Å². The summed E-state index contributed by atoms with van der Waals surface area (Å²) in [6.07, 6.45) is -3.36. The lowest BCUT2D eigenvalue weighted by Crippen LogP contribution is -2.17. The monoisotopic (exact) mass is 430 g/mol. The van der Waals surface area contributed by atoms with Crippen molar-refractivity contribution in [1.82, 2.24) is 35.2 Å². The summed E-state index contributed by atoms with van der Waals surface area (Å²) in [5.41, 5.74) is 1.67. The SMILES string of the molecule is CC(=O)c1nn(-c2ccc(OC(F)(F)F)cc2)nc1Nc1cccc(-n2cnnn2)c1. The molecule has 1 N–H and O–H groups in total. The highest BCUT2D eigenvalue weighted by Gasteiger charge is 2.31. The van der Waals surface area contributed by atoms with Gasteiger partial charge >= 0.3 is 6.36 Å². The van der Waals surface area contributed by atoms with Gasteiger partial charge in [0.05, 0.1) is 11.4 Å². The van der Waals surface area contributed by atoms with E-state index < -0.39 is 6.36 Å². The normalized spacial score (nSPS) is 11.4. The van der Waals surface area contributed by atoms with Crippen molar-refractivity contribution in [3.8, 4) is 17.1 Å². The van der Waals surface area contributed by atoms with E-state index in [1.54, 1.807) is 24.3 Å². The predicted octanol–water partition coefficient (Wildman–Crippen LogP) is 3.09. The molecule has 0 saturated carbocycles. The summed E-state index contributed by atoms with van der Waals surface area (Å²) in [6.45, 7) is 1.33. The van der Waals surface area contributed by atoms with Crippen molar-refractivity contribution in [2.24, 2.45) is 0 Å². The summed E-state index contributed by atoms with van der Waals surface area (Å²) in [4.78, 5) is 13.2. The highest BCUT2D eigenvalue weighted by molar-refractivity contribution is 5.97. The van der Waals surface area contributed by atoms with Crippen LogP contribution in [0.15, 0.2) is 54.9 Å². The van der Waals surface area contributed by atoms with Gasteiger partial charge in [0.2, 0.25) is 0 Å². The van der Waals surface area contributed by atoms with E-state index in [0.29, 0.717) is 17.1 Å². The standard InChI is InChI=1S/C18H13F3N8O2/c1-11(30)16-17(23-12-3-2-4-14(9-12)28-10-22-26-27-28)25-29(24-16)13-5-7-15(8-6-13)31-18(19,20)21/h2-10H,1H3,(H,23,25). The number of anilines is 2. The summed E-state index contributed by atoms with van der Waals surface area (Å²) in [6, 6.07) is 12.0. The first-order chi connectivity index (χ1) is 14.8. The summed E-state index contributed by atoms with van der Waals surface area (Å²) < 4.78 is 42.3. The van der Waals surface area contributed by atoms with Crippen LogP contribution in [0.2, 0.25) is 0 Å². The van der Waals surface area contributed by atoms with Crippen molar-refractivity contribution in [3.05, 3.63) is 60.6 Å². The maximum Gasteiger partial charge on any atom is 0.573 e. The number of Topliss-reactive ketones (excluding diaryl/α,β-unsaturated/α-hetero) is 1. The van der Waals surface area contributed by atoms with E-state index in [-0.39, 0.29) is 23.0 Å². The Bertz CT molecular complexity index is 1200. The van der Waals surface area contributed by atoms with Crippen LogP contribution in [0.25, 0.3) is 11.4 Å². The summed E-state index contributed by atoms with van der Waals surface area (Å²) in [5.74, 6) is -0.549. The number of carbonyl (C=O) groups excluding carboxylic acids is 1. The third kappa shape index (κ3) is 4.66. The van der Waals surface area contributed by atoms with Gasteiger partial charge in [0.1, 0.15) is 12.1 Å². The number of nitrogens with one attached hydrogen (secondary N) is 1. The fourth-order valence-electron chi connectivity index (χ4n) is 2.67. The van der Waals surface area contributed by atoms with Gasteiger partial charge in [-0.05, 0) is 52.9 Å². The Morgan fingerprint density at radius 1 is 1.06 bits per heavy atom. The third-order valence-corrected chi connectivity index (χ3v) is 3.97. The van der Waals surface area contributed by atoms with Crippen LogP contribution >= 0.6 is 0 Å². The van der Waals surface area contributed by atoms with Crippen molar-refractivity contribution >= 4 is 17.3 Å². The first-order valence-electron chi connectivity index (χ1n) is 8.73. The van der Waals surface area contributed by atoms with Gasteiger partial charge in [0.15, 0.2) is 17.3 Å². The molecule has 13 heteroatoms. The predicted molar refractivity (Wildman–Crippen MR) is 100 cm³/mol. The lowest BCUT2D eigenvalue weighted by Gasteiger charge is -2.08. The number of tetrazole rings is 1. The Morgan fingerprint density at radius 3 is 2.48 bits per heavy atom. The first kappa shape index (κ1) is 20.0. The molecule has 0 atom stereocenters. The average molecular weight is 430 g/mol. The number of hydrogen-bond donors (Lipinski definition) is 1. The van der Waals surface area contributed by atoms with Crippen LogP contribution in [0.3, 0.4) is 0 Å². The molecule has 2 heterocycles. The zero-order valence-corrected chi connectivity index (χ0v) is 15.8. The van der Waals surface area contributed by atoms with E-state index in [4.69, 9.17) is 0 Å². The van der Waals surface area contributed by atoms with Gasteiger partial charge in [0, 0.05) is 12.6 Å². The lowest BCUT2D eigenvalue weighted by molar-refractivity contribution is -0.274. The minimum absolute atomic E-state index is 0.0587. The van der Waals surface area contributed by atoms with Gasteiger partial charge in [-0.2, -0.15) is 0 Å². The molecule has 0 spiro atoms. The second-order valence-corrected chi connectivity index (χ2v) is 6.21. The molecule has 0 fully saturated rings. The van der Waals surface area contributed by atoms with Crippen LogP contribution in [-0.2, 0) is 0 Å². The number of ether oxygens (including phenoxy) is 1. The van der Waals surface area contributed by atoms with Crippen molar-refractivity contribution in [2.45, 2.75) is 13.3 Å². The number of alkyl halides is 3. The van der Waals surface area contributed by atoms with Crippen LogP contribution in [0.5, 0.6) is 5.75 Å². The number of benzene rings is 2. The molecule has 0 unspecified atom stereocenters. The molecule has 158 valence electrons. The maximum atomic E-state index is 12.3. The number of ketones is 1. The molecular weight excluding hydrogens is 417 g/mol. The molecule has 0 bridgehead atoms. The van der Waals surface area contributed by atoms with Crippen LogP contribution in [0.1, 0.15) is 17.4 Å². The quantitative estimate of drug-likeness (QED) is 0.465. The van der Waals surface area contributed by atoms with Crippen LogP contribution in [0, 0.1) is 0 Å². The highest BCUT2D eigenvalue weighted by Crippen LogP contribution is 2.25. The Balaban J connectivity index is 1.61. The number of hydrogen-bond acceptors (Lipinski definition) is 8. The molecule has 2 aromatic carbocycles. The molecule has 0 saturated heterocycles. The van der Waals surface area contributed by atoms with Gasteiger partial charge in [0.25, 0.3) is 0 Å². The largest absolute Gasteiger partial charge is 0.573 e. The van der Waals surface area contributed by atoms with Crippen molar-refractivity contribution in [1.29, 1.82) is 0 Å². The third-order valence-electron chi connectivity index (χ3n) is 3.97. The van der Waals surface area contributed by atoms with Crippen LogP contribution in [-0.4, -0.2) is 47.3 Å². The highest BCUT2D eigenvalue weighted by atomic mass is 19.4. The van der Waals surface area contributed by atoms with Gasteiger partial charge in [-0.1, -0.05) is 6.07 Å². The zero-order valence-electron chi connectivity index (χ0n) is 15.8. The van der Waals surface area contributed by atoms with Crippen molar-refractivity contribution in [3.63, 3.8) is 0 Å². The number of carbonyl (C=O) groups is 1. The molecule has 0 radical (unpaired) electrons. The molecule has 0 aliphatic carbocycles. The molecule has 0 amide bonds. The minimum Gasteiger partial charge on any atom is -0.406 e. The van der Waals surface area contributed by atoms with Gasteiger partial charge in [-0.3, -0.25) is 4.79 Å². The van der Waals surface area contributed by atoms with E-state index in [2.05, 4.69) is 35.8 Å². The Kier molecular flexibility index (Phi) is 5.07. The molecule has 10 nitrogen and oxygen atoms in total. The molecule has 0 aliphatic rings. The Morgan fingerprint density at radius 2 is 1.84 bits per heavy atom.